The highest BCUT2D eigenvalue weighted by atomic mass is 35.5. The van der Waals surface area contributed by atoms with Crippen LogP contribution in [0.4, 0.5) is 5.69 Å². The first-order valence-corrected chi connectivity index (χ1v) is 11.6. The summed E-state index contributed by atoms with van der Waals surface area (Å²) in [5.41, 5.74) is 3.63. The van der Waals surface area contributed by atoms with Gasteiger partial charge < -0.3 is 20.7 Å². The number of hydrogen-bond acceptors (Lipinski definition) is 6. The van der Waals surface area contributed by atoms with Gasteiger partial charge in [0.2, 0.25) is 5.91 Å². The van der Waals surface area contributed by atoms with Gasteiger partial charge in [0.15, 0.2) is 6.61 Å². The lowest BCUT2D eigenvalue weighted by atomic mass is 10.1. The molecule has 178 valence electrons. The molecule has 0 unspecified atom stereocenters. The Labute approximate surface area is 205 Å². The smallest absolute Gasteiger partial charge is 0.325 e. The molecule has 1 heterocycles. The maximum absolute atomic E-state index is 12.4. The molecule has 34 heavy (non-hydrogen) atoms. The molecule has 3 rings (SSSR count). The number of halogens is 1. The second kappa shape index (κ2) is 11.1. The Morgan fingerprint density at radius 1 is 0.941 bits per heavy atom. The number of esters is 1. The van der Waals surface area contributed by atoms with E-state index in [0.29, 0.717) is 15.6 Å². The van der Waals surface area contributed by atoms with Crippen LogP contribution in [-0.4, -0.2) is 43.4 Å². The number of fused-ring (bicyclic) bond motifs is 1. The Bertz CT molecular complexity index is 1250. The van der Waals surface area contributed by atoms with E-state index in [1.807, 2.05) is 51.1 Å². The zero-order valence-corrected chi connectivity index (χ0v) is 20.5. The molecular weight excluding hydrogens is 478 g/mol. The lowest BCUT2D eigenvalue weighted by Gasteiger charge is -2.13. The van der Waals surface area contributed by atoms with E-state index < -0.39 is 36.8 Å². The molecule has 2 aromatic carbocycles. The van der Waals surface area contributed by atoms with Crippen molar-refractivity contribution in [3.63, 3.8) is 0 Å². The molecule has 0 fully saturated rings. The fraction of sp³-hybridized carbons (Fsp3) is 0.250. The quantitative estimate of drug-likeness (QED) is 0.409. The predicted molar refractivity (Wildman–Crippen MR) is 132 cm³/mol. The summed E-state index contributed by atoms with van der Waals surface area (Å²) in [6.45, 7) is 4.47. The Morgan fingerprint density at radius 3 is 2.29 bits per heavy atom. The Hall–Kier alpha value is -3.43. The third-order valence-corrected chi connectivity index (χ3v) is 6.56. The van der Waals surface area contributed by atoms with Gasteiger partial charge in [0.25, 0.3) is 11.8 Å². The molecule has 8 nitrogen and oxygen atoms in total. The van der Waals surface area contributed by atoms with Crippen LogP contribution in [0.25, 0.3) is 10.1 Å². The van der Waals surface area contributed by atoms with Crippen LogP contribution in [0.5, 0.6) is 0 Å². The van der Waals surface area contributed by atoms with Crippen LogP contribution in [-0.2, 0) is 19.1 Å². The number of benzene rings is 2. The monoisotopic (exact) mass is 501 g/mol. The molecule has 10 heteroatoms. The van der Waals surface area contributed by atoms with Gasteiger partial charge in [0.1, 0.15) is 11.4 Å². The first-order valence-electron chi connectivity index (χ1n) is 10.4. The number of anilines is 1. The van der Waals surface area contributed by atoms with E-state index in [-0.39, 0.29) is 6.54 Å². The molecule has 0 radical (unpaired) electrons. The van der Waals surface area contributed by atoms with E-state index in [9.17, 15) is 19.2 Å². The van der Waals surface area contributed by atoms with E-state index >= 15 is 0 Å². The van der Waals surface area contributed by atoms with Crippen LogP contribution in [0.15, 0.2) is 36.4 Å². The first kappa shape index (κ1) is 25.2. The van der Waals surface area contributed by atoms with Crippen LogP contribution in [0.1, 0.15) is 26.4 Å². The lowest BCUT2D eigenvalue weighted by Crippen LogP contribution is -2.37. The summed E-state index contributed by atoms with van der Waals surface area (Å²) in [4.78, 5) is 48.6. The minimum Gasteiger partial charge on any atom is -0.454 e. The summed E-state index contributed by atoms with van der Waals surface area (Å²) in [5.74, 6) is -2.34. The van der Waals surface area contributed by atoms with Crippen LogP contribution < -0.4 is 16.0 Å². The Balaban J connectivity index is 1.40. The number of aryl methyl sites for hydroxylation is 3. The zero-order valence-electron chi connectivity index (χ0n) is 18.9. The van der Waals surface area contributed by atoms with Gasteiger partial charge in [-0.2, -0.15) is 0 Å². The number of carbonyl (C=O) groups excluding carboxylic acids is 4. The molecule has 0 aliphatic carbocycles. The molecule has 0 saturated carbocycles. The maximum atomic E-state index is 12.4. The van der Waals surface area contributed by atoms with E-state index in [4.69, 9.17) is 16.3 Å². The fourth-order valence-electron chi connectivity index (χ4n) is 3.38. The van der Waals surface area contributed by atoms with Crippen molar-refractivity contribution in [3.05, 3.63) is 63.0 Å². The molecule has 3 amide bonds. The highest BCUT2D eigenvalue weighted by Gasteiger charge is 2.18. The van der Waals surface area contributed by atoms with Gasteiger partial charge in [-0.25, -0.2) is 0 Å². The topological polar surface area (TPSA) is 114 Å². The van der Waals surface area contributed by atoms with Gasteiger partial charge in [0, 0.05) is 15.8 Å². The molecule has 0 spiro atoms. The number of ether oxygens (including phenoxy) is 1. The van der Waals surface area contributed by atoms with Crippen molar-refractivity contribution >= 4 is 62.4 Å². The Kier molecular flexibility index (Phi) is 8.25. The van der Waals surface area contributed by atoms with E-state index in [1.54, 1.807) is 6.07 Å². The maximum Gasteiger partial charge on any atom is 0.325 e. The minimum atomic E-state index is -0.795. The van der Waals surface area contributed by atoms with Gasteiger partial charge in [-0.3, -0.25) is 19.2 Å². The number of hydrogen-bond donors (Lipinski definition) is 3. The van der Waals surface area contributed by atoms with Gasteiger partial charge in [-0.15, -0.1) is 11.3 Å². The Morgan fingerprint density at radius 2 is 1.62 bits per heavy atom. The number of thiophene rings is 1. The third kappa shape index (κ3) is 6.33. The predicted octanol–water partition coefficient (Wildman–Crippen LogP) is 3.51. The molecule has 0 bridgehead atoms. The van der Waals surface area contributed by atoms with E-state index in [2.05, 4.69) is 16.0 Å². The highest BCUT2D eigenvalue weighted by Crippen LogP contribution is 2.34. The van der Waals surface area contributed by atoms with Gasteiger partial charge in [-0.1, -0.05) is 47.5 Å². The number of rotatable bonds is 8. The summed E-state index contributed by atoms with van der Waals surface area (Å²) >= 11 is 7.47. The van der Waals surface area contributed by atoms with Crippen molar-refractivity contribution in [1.29, 1.82) is 0 Å². The number of amides is 3. The number of nitrogens with one attached hydrogen (secondary N) is 3. The molecule has 0 aliphatic rings. The van der Waals surface area contributed by atoms with E-state index in [0.717, 1.165) is 26.8 Å². The van der Waals surface area contributed by atoms with Crippen molar-refractivity contribution in [2.75, 3.05) is 25.0 Å². The summed E-state index contributed by atoms with van der Waals surface area (Å²) in [7, 11) is 0. The fourth-order valence-corrected chi connectivity index (χ4v) is 4.81. The van der Waals surface area contributed by atoms with Crippen molar-refractivity contribution < 1.29 is 23.9 Å². The van der Waals surface area contributed by atoms with Gasteiger partial charge in [0.05, 0.1) is 11.6 Å². The molecule has 0 aliphatic heterocycles. The summed E-state index contributed by atoms with van der Waals surface area (Å²) in [6, 6.07) is 11.2. The summed E-state index contributed by atoms with van der Waals surface area (Å²) < 4.78 is 5.71. The average Bonchev–Trinajstić information content (AvgIpc) is 3.13. The largest absolute Gasteiger partial charge is 0.454 e. The van der Waals surface area contributed by atoms with Crippen molar-refractivity contribution in [2.24, 2.45) is 0 Å². The second-order valence-corrected chi connectivity index (χ2v) is 9.11. The van der Waals surface area contributed by atoms with Crippen LogP contribution in [0.3, 0.4) is 0 Å². The zero-order chi connectivity index (χ0) is 24.8. The van der Waals surface area contributed by atoms with E-state index in [1.165, 1.54) is 11.3 Å². The van der Waals surface area contributed by atoms with Crippen LogP contribution in [0, 0.1) is 20.8 Å². The highest BCUT2D eigenvalue weighted by molar-refractivity contribution is 7.21. The molecule has 0 atom stereocenters. The molecule has 3 N–H and O–H groups in total. The lowest BCUT2D eigenvalue weighted by molar-refractivity contribution is -0.147. The SMILES string of the molecule is Cc1cc(C)c(NC(=O)CNC(=O)COC(=O)CNC(=O)c2sc3ccccc3c2Cl)c(C)c1. The normalized spacial score (nSPS) is 10.6. The first-order chi connectivity index (χ1) is 16.2. The van der Waals surface area contributed by atoms with Crippen molar-refractivity contribution in [3.8, 4) is 0 Å². The third-order valence-electron chi connectivity index (χ3n) is 4.89. The van der Waals surface area contributed by atoms with Crippen LogP contribution >= 0.6 is 22.9 Å². The molecule has 3 aromatic rings. The van der Waals surface area contributed by atoms with Crippen LogP contribution in [0.2, 0.25) is 5.02 Å². The molecule has 0 saturated heterocycles. The van der Waals surface area contributed by atoms with Gasteiger partial charge >= 0.3 is 5.97 Å². The second-order valence-electron chi connectivity index (χ2n) is 7.68. The number of carbonyl (C=O) groups is 4. The van der Waals surface area contributed by atoms with Gasteiger partial charge in [-0.05, 0) is 38.0 Å². The molecular formula is C24H24ClN3O5S. The summed E-state index contributed by atoms with van der Waals surface area (Å²) in [5, 5.41) is 8.67. The van der Waals surface area contributed by atoms with Crippen molar-refractivity contribution in [1.82, 2.24) is 10.6 Å². The minimum absolute atomic E-state index is 0.273. The molecule has 1 aromatic heterocycles. The van der Waals surface area contributed by atoms with Crippen molar-refractivity contribution in [2.45, 2.75) is 20.8 Å². The average molecular weight is 502 g/mol. The standard InChI is InChI=1S/C24H24ClN3O5S/c1-13-8-14(2)22(15(3)9-13)28-18(29)10-26-19(30)12-33-20(31)11-27-24(32)23-21(25)16-6-4-5-7-17(16)34-23/h4-9H,10-12H2,1-3H3,(H,26,30)(H,27,32)(H,28,29). The summed E-state index contributed by atoms with van der Waals surface area (Å²) in [6.07, 6.45) is 0.